The fraction of sp³-hybridized carbons (Fsp3) is 0.400. The molecule has 1 aromatic heterocycles. The highest BCUT2D eigenvalue weighted by molar-refractivity contribution is 7.91. The van der Waals surface area contributed by atoms with Crippen LogP contribution in [0.5, 0.6) is 0 Å². The average Bonchev–Trinajstić information content (AvgIpc) is 2.72. The Morgan fingerprint density at radius 3 is 2.56 bits per heavy atom. The first kappa shape index (κ1) is 13.0. The van der Waals surface area contributed by atoms with E-state index < -0.39 is 21.5 Å². The summed E-state index contributed by atoms with van der Waals surface area (Å²) in [5, 5.41) is 17.7. The van der Waals surface area contributed by atoms with Crippen molar-refractivity contribution in [3.63, 3.8) is 0 Å². The summed E-state index contributed by atoms with van der Waals surface area (Å²) >= 11 is 0.822. The second-order valence-corrected chi connectivity index (χ2v) is 7.07. The minimum atomic E-state index is -3.88. The number of rotatable bonds is 4. The lowest BCUT2D eigenvalue weighted by molar-refractivity contribution is -0.147. The van der Waals surface area contributed by atoms with Crippen molar-refractivity contribution in [2.75, 3.05) is 0 Å². The summed E-state index contributed by atoms with van der Waals surface area (Å²) in [7, 11) is -3.88. The van der Waals surface area contributed by atoms with Gasteiger partial charge in [-0.3, -0.25) is 4.79 Å². The van der Waals surface area contributed by atoms with Crippen LogP contribution in [-0.2, 0) is 14.8 Å². The van der Waals surface area contributed by atoms with Crippen molar-refractivity contribution in [2.45, 2.75) is 29.0 Å². The molecule has 0 aliphatic heterocycles. The highest BCUT2D eigenvalue weighted by Gasteiger charge is 2.47. The molecule has 1 heterocycles. The second-order valence-electron chi connectivity index (χ2n) is 4.08. The Labute approximate surface area is 108 Å². The molecule has 0 radical (unpaired) electrons. The van der Waals surface area contributed by atoms with E-state index in [1.54, 1.807) is 0 Å². The standard InChI is InChI=1S/C10H10N2O4S2/c11-6-7-2-3-8(17-7)18(15,16)12-10(9(13)14)4-1-5-10/h2-3,12H,1,4-5H2,(H,13,14). The number of nitriles is 1. The van der Waals surface area contributed by atoms with Crippen LogP contribution in [0, 0.1) is 11.3 Å². The SMILES string of the molecule is N#Cc1ccc(S(=O)(=O)NC2(C(=O)O)CCC2)s1. The zero-order valence-corrected chi connectivity index (χ0v) is 10.8. The van der Waals surface area contributed by atoms with E-state index in [1.165, 1.54) is 12.1 Å². The number of hydrogen-bond donors (Lipinski definition) is 2. The molecule has 2 N–H and O–H groups in total. The average molecular weight is 286 g/mol. The molecule has 1 aliphatic carbocycles. The molecule has 1 fully saturated rings. The largest absolute Gasteiger partial charge is 0.480 e. The molecule has 0 amide bonds. The molecule has 2 rings (SSSR count). The summed E-state index contributed by atoms with van der Waals surface area (Å²) in [5.74, 6) is -1.16. The molecule has 1 aliphatic rings. The highest BCUT2D eigenvalue weighted by atomic mass is 32.2. The third-order valence-corrected chi connectivity index (χ3v) is 5.92. The Kier molecular flexibility index (Phi) is 3.14. The number of carboxylic acids is 1. The van der Waals surface area contributed by atoms with Crippen molar-refractivity contribution in [3.05, 3.63) is 17.0 Å². The number of hydrogen-bond acceptors (Lipinski definition) is 5. The van der Waals surface area contributed by atoms with Crippen molar-refractivity contribution in [1.82, 2.24) is 4.72 Å². The predicted molar refractivity (Wildman–Crippen MR) is 63.6 cm³/mol. The minimum Gasteiger partial charge on any atom is -0.480 e. The van der Waals surface area contributed by atoms with Gasteiger partial charge in [0.25, 0.3) is 10.0 Å². The third-order valence-electron chi connectivity index (χ3n) is 2.90. The second kappa shape index (κ2) is 4.35. The smallest absolute Gasteiger partial charge is 0.324 e. The van der Waals surface area contributed by atoms with Crippen LogP contribution in [0.3, 0.4) is 0 Å². The van der Waals surface area contributed by atoms with Gasteiger partial charge in [-0.2, -0.15) is 9.98 Å². The number of sulfonamides is 1. The summed E-state index contributed by atoms with van der Waals surface area (Å²) in [4.78, 5) is 11.4. The summed E-state index contributed by atoms with van der Waals surface area (Å²) in [6.45, 7) is 0. The van der Waals surface area contributed by atoms with E-state index in [0.29, 0.717) is 6.42 Å². The van der Waals surface area contributed by atoms with E-state index in [4.69, 9.17) is 10.4 Å². The molecule has 0 atom stereocenters. The molecule has 0 saturated heterocycles. The molecule has 0 unspecified atom stereocenters. The molecule has 18 heavy (non-hydrogen) atoms. The van der Waals surface area contributed by atoms with Crippen LogP contribution in [0.15, 0.2) is 16.3 Å². The highest BCUT2D eigenvalue weighted by Crippen LogP contribution is 2.34. The molecular formula is C10H10N2O4S2. The first-order valence-electron chi connectivity index (χ1n) is 5.17. The monoisotopic (exact) mass is 286 g/mol. The van der Waals surface area contributed by atoms with Crippen molar-refractivity contribution in [3.8, 4) is 6.07 Å². The van der Waals surface area contributed by atoms with Crippen LogP contribution in [0.25, 0.3) is 0 Å². The van der Waals surface area contributed by atoms with Crippen LogP contribution >= 0.6 is 11.3 Å². The van der Waals surface area contributed by atoms with Crippen LogP contribution in [0.4, 0.5) is 0 Å². The summed E-state index contributed by atoms with van der Waals surface area (Å²) < 4.78 is 26.2. The lowest BCUT2D eigenvalue weighted by atomic mass is 9.78. The third kappa shape index (κ3) is 2.12. The predicted octanol–water partition coefficient (Wildman–Crippen LogP) is 0.905. The fourth-order valence-corrected chi connectivity index (χ4v) is 4.24. The van der Waals surface area contributed by atoms with Crippen molar-refractivity contribution >= 4 is 27.3 Å². The molecular weight excluding hydrogens is 276 g/mol. The van der Waals surface area contributed by atoms with Gasteiger partial charge in [-0.05, 0) is 31.4 Å². The summed E-state index contributed by atoms with van der Waals surface area (Å²) in [6, 6.07) is 4.54. The summed E-state index contributed by atoms with van der Waals surface area (Å²) in [5.41, 5.74) is -1.38. The number of nitrogens with zero attached hydrogens (tertiary/aromatic N) is 1. The Balaban J connectivity index is 2.27. The Bertz CT molecular complexity index is 623. The van der Waals surface area contributed by atoms with Gasteiger partial charge in [-0.25, -0.2) is 8.42 Å². The van der Waals surface area contributed by atoms with Gasteiger partial charge in [0, 0.05) is 0 Å². The lowest BCUT2D eigenvalue weighted by Crippen LogP contribution is -2.58. The lowest BCUT2D eigenvalue weighted by Gasteiger charge is -2.37. The number of carbonyl (C=O) groups is 1. The van der Waals surface area contributed by atoms with Gasteiger partial charge in [0.1, 0.15) is 20.7 Å². The Morgan fingerprint density at radius 2 is 2.17 bits per heavy atom. The van der Waals surface area contributed by atoms with Gasteiger partial charge in [0.15, 0.2) is 0 Å². The zero-order chi connectivity index (χ0) is 13.4. The maximum Gasteiger partial charge on any atom is 0.324 e. The van der Waals surface area contributed by atoms with Gasteiger partial charge in [-0.1, -0.05) is 0 Å². The molecule has 96 valence electrons. The molecule has 8 heteroatoms. The first-order valence-corrected chi connectivity index (χ1v) is 7.47. The van der Waals surface area contributed by atoms with Crippen LogP contribution < -0.4 is 4.72 Å². The summed E-state index contributed by atoms with van der Waals surface area (Å²) in [6.07, 6.45) is 1.26. The maximum atomic E-state index is 12.0. The van der Waals surface area contributed by atoms with Crippen molar-refractivity contribution in [2.24, 2.45) is 0 Å². The van der Waals surface area contributed by atoms with Crippen molar-refractivity contribution < 1.29 is 18.3 Å². The minimum absolute atomic E-state index is 0.0356. The molecule has 0 aromatic carbocycles. The maximum absolute atomic E-state index is 12.0. The fourth-order valence-electron chi connectivity index (χ4n) is 1.72. The van der Waals surface area contributed by atoms with Gasteiger partial charge in [0.2, 0.25) is 0 Å². The Hall–Kier alpha value is -1.43. The van der Waals surface area contributed by atoms with E-state index in [0.717, 1.165) is 11.3 Å². The van der Waals surface area contributed by atoms with Crippen molar-refractivity contribution in [1.29, 1.82) is 5.26 Å². The molecule has 6 nitrogen and oxygen atoms in total. The Morgan fingerprint density at radius 1 is 1.50 bits per heavy atom. The van der Waals surface area contributed by atoms with E-state index in [1.807, 2.05) is 6.07 Å². The van der Waals surface area contributed by atoms with E-state index in [9.17, 15) is 13.2 Å². The molecule has 1 aromatic rings. The van der Waals surface area contributed by atoms with Gasteiger partial charge in [-0.15, -0.1) is 11.3 Å². The molecule has 1 saturated carbocycles. The van der Waals surface area contributed by atoms with Crippen LogP contribution in [-0.4, -0.2) is 25.0 Å². The molecule has 0 bridgehead atoms. The number of carboxylic acid groups (broad SMARTS) is 1. The van der Waals surface area contributed by atoms with Crippen LogP contribution in [0.1, 0.15) is 24.1 Å². The van der Waals surface area contributed by atoms with Gasteiger partial charge < -0.3 is 5.11 Å². The van der Waals surface area contributed by atoms with Crippen LogP contribution in [0.2, 0.25) is 0 Å². The van der Waals surface area contributed by atoms with E-state index >= 15 is 0 Å². The number of aliphatic carboxylic acids is 1. The number of thiophene rings is 1. The normalized spacial score (nSPS) is 17.7. The van der Waals surface area contributed by atoms with Gasteiger partial charge in [0.05, 0.1) is 0 Å². The zero-order valence-electron chi connectivity index (χ0n) is 9.21. The number of nitrogens with one attached hydrogen (secondary N) is 1. The van der Waals surface area contributed by atoms with Gasteiger partial charge >= 0.3 is 5.97 Å². The topological polar surface area (TPSA) is 107 Å². The quantitative estimate of drug-likeness (QED) is 0.855. The molecule has 0 spiro atoms. The van der Waals surface area contributed by atoms with E-state index in [2.05, 4.69) is 4.72 Å². The van der Waals surface area contributed by atoms with E-state index in [-0.39, 0.29) is 21.9 Å². The first-order chi connectivity index (χ1) is 8.39.